The second-order valence-electron chi connectivity index (χ2n) is 6.70. The van der Waals surface area contributed by atoms with Crippen molar-refractivity contribution >= 4 is 10.2 Å². The summed E-state index contributed by atoms with van der Waals surface area (Å²) in [6.07, 6.45) is 2.54. The van der Waals surface area contributed by atoms with Crippen LogP contribution in [-0.2, 0) is 10.2 Å². The number of nitrogens with zero attached hydrogens (tertiary/aromatic N) is 1. The summed E-state index contributed by atoms with van der Waals surface area (Å²) in [4.78, 5) is 0. The van der Waals surface area contributed by atoms with Gasteiger partial charge in [0.2, 0.25) is 0 Å². The zero-order valence-corrected chi connectivity index (χ0v) is 13.5. The van der Waals surface area contributed by atoms with Crippen molar-refractivity contribution in [1.29, 1.82) is 0 Å². The summed E-state index contributed by atoms with van der Waals surface area (Å²) in [5, 5.41) is 0. The summed E-state index contributed by atoms with van der Waals surface area (Å²) < 4.78 is 29.2. The van der Waals surface area contributed by atoms with Crippen LogP contribution in [0, 0.1) is 11.3 Å². The molecule has 0 saturated carbocycles. The molecule has 0 amide bonds. The van der Waals surface area contributed by atoms with E-state index in [1.165, 1.54) is 0 Å². The zero-order chi connectivity index (χ0) is 14.7. The standard InChI is InChI=1S/C13H29N3O2S/c1-11-6-9-16(10-7-11)19(17,18)15-12(5-8-14)13(2,3)4/h11-12,15H,5-10,14H2,1-4H3. The summed E-state index contributed by atoms with van der Waals surface area (Å²) in [6, 6.07) is -0.123. The molecular weight excluding hydrogens is 262 g/mol. The van der Waals surface area contributed by atoms with Crippen molar-refractivity contribution in [3.63, 3.8) is 0 Å². The Morgan fingerprint density at radius 1 is 1.32 bits per heavy atom. The first kappa shape index (κ1) is 16.9. The summed E-state index contributed by atoms with van der Waals surface area (Å²) in [5.41, 5.74) is 5.46. The largest absolute Gasteiger partial charge is 0.330 e. The fraction of sp³-hybridized carbons (Fsp3) is 1.00. The van der Waals surface area contributed by atoms with E-state index in [2.05, 4.69) is 11.6 Å². The second kappa shape index (κ2) is 6.52. The maximum absolute atomic E-state index is 12.4. The lowest BCUT2D eigenvalue weighted by molar-refractivity contribution is 0.259. The topological polar surface area (TPSA) is 75.4 Å². The van der Waals surface area contributed by atoms with E-state index in [4.69, 9.17) is 5.73 Å². The third kappa shape index (κ3) is 5.02. The Bertz CT molecular complexity index is 368. The molecule has 0 aromatic rings. The van der Waals surface area contributed by atoms with E-state index in [0.717, 1.165) is 12.8 Å². The molecule has 1 unspecified atom stereocenters. The molecule has 0 aliphatic carbocycles. The minimum absolute atomic E-state index is 0.123. The average molecular weight is 291 g/mol. The number of nitrogens with two attached hydrogens (primary N) is 1. The lowest BCUT2D eigenvalue weighted by atomic mass is 9.85. The summed E-state index contributed by atoms with van der Waals surface area (Å²) >= 11 is 0. The predicted octanol–water partition coefficient (Wildman–Crippen LogP) is 1.32. The molecule has 114 valence electrons. The predicted molar refractivity (Wildman–Crippen MR) is 78.9 cm³/mol. The van der Waals surface area contributed by atoms with Crippen LogP contribution in [0.3, 0.4) is 0 Å². The first-order chi connectivity index (χ1) is 8.66. The van der Waals surface area contributed by atoms with Gasteiger partial charge in [-0.3, -0.25) is 0 Å². The number of hydrogen-bond acceptors (Lipinski definition) is 3. The number of nitrogens with one attached hydrogen (secondary N) is 1. The van der Waals surface area contributed by atoms with Crippen LogP contribution in [0.15, 0.2) is 0 Å². The van der Waals surface area contributed by atoms with Gasteiger partial charge in [-0.25, -0.2) is 0 Å². The molecule has 1 fully saturated rings. The van der Waals surface area contributed by atoms with Gasteiger partial charge in [0.25, 0.3) is 10.2 Å². The van der Waals surface area contributed by atoms with Crippen LogP contribution in [0.25, 0.3) is 0 Å². The average Bonchev–Trinajstić information content (AvgIpc) is 2.27. The van der Waals surface area contributed by atoms with Gasteiger partial charge in [0.15, 0.2) is 0 Å². The fourth-order valence-electron chi connectivity index (χ4n) is 2.31. The molecule has 0 aromatic heterocycles. The Kier molecular flexibility index (Phi) is 5.79. The van der Waals surface area contributed by atoms with Crippen LogP contribution in [0.2, 0.25) is 0 Å². The molecule has 0 spiro atoms. The lowest BCUT2D eigenvalue weighted by Gasteiger charge is -2.35. The van der Waals surface area contributed by atoms with E-state index in [1.807, 2.05) is 20.8 Å². The van der Waals surface area contributed by atoms with Crippen LogP contribution in [-0.4, -0.2) is 38.4 Å². The third-order valence-corrected chi connectivity index (χ3v) is 5.50. The SMILES string of the molecule is CC1CCN(S(=O)(=O)NC(CCN)C(C)(C)C)CC1. The van der Waals surface area contributed by atoms with Crippen molar-refractivity contribution in [2.75, 3.05) is 19.6 Å². The lowest BCUT2D eigenvalue weighted by Crippen LogP contribution is -2.52. The molecule has 19 heavy (non-hydrogen) atoms. The minimum Gasteiger partial charge on any atom is -0.330 e. The van der Waals surface area contributed by atoms with Crippen molar-refractivity contribution < 1.29 is 8.42 Å². The van der Waals surface area contributed by atoms with Gasteiger partial charge in [0, 0.05) is 19.1 Å². The van der Waals surface area contributed by atoms with Crippen molar-refractivity contribution in [1.82, 2.24) is 9.03 Å². The molecule has 1 atom stereocenters. The smallest absolute Gasteiger partial charge is 0.279 e. The molecule has 1 aliphatic rings. The molecular formula is C13H29N3O2S. The van der Waals surface area contributed by atoms with Crippen molar-refractivity contribution in [3.8, 4) is 0 Å². The Morgan fingerprint density at radius 2 is 1.84 bits per heavy atom. The van der Waals surface area contributed by atoms with Crippen LogP contribution < -0.4 is 10.5 Å². The second-order valence-corrected chi connectivity index (χ2v) is 8.40. The third-order valence-electron chi connectivity index (χ3n) is 3.87. The number of rotatable bonds is 5. The maximum atomic E-state index is 12.4. The first-order valence-corrected chi connectivity index (χ1v) is 8.58. The highest BCUT2D eigenvalue weighted by atomic mass is 32.2. The Balaban J connectivity index is 2.71. The minimum atomic E-state index is -3.38. The van der Waals surface area contributed by atoms with Gasteiger partial charge in [-0.2, -0.15) is 17.4 Å². The Hall–Kier alpha value is -0.170. The molecule has 3 N–H and O–H groups in total. The quantitative estimate of drug-likeness (QED) is 0.802. The summed E-state index contributed by atoms with van der Waals surface area (Å²) in [6.45, 7) is 10.0. The molecule has 0 radical (unpaired) electrons. The normalized spacial score (nSPS) is 21.5. The molecule has 5 nitrogen and oxygen atoms in total. The highest BCUT2D eigenvalue weighted by Gasteiger charge is 2.32. The van der Waals surface area contributed by atoms with E-state index < -0.39 is 10.2 Å². The van der Waals surface area contributed by atoms with E-state index in [9.17, 15) is 8.42 Å². The molecule has 0 aromatic carbocycles. The van der Waals surface area contributed by atoms with Gasteiger partial charge in [0.05, 0.1) is 0 Å². The maximum Gasteiger partial charge on any atom is 0.279 e. The highest BCUT2D eigenvalue weighted by Crippen LogP contribution is 2.24. The number of hydrogen-bond donors (Lipinski definition) is 2. The van der Waals surface area contributed by atoms with Crippen molar-refractivity contribution in [3.05, 3.63) is 0 Å². The molecule has 1 saturated heterocycles. The van der Waals surface area contributed by atoms with Crippen molar-refractivity contribution in [2.24, 2.45) is 17.1 Å². The van der Waals surface area contributed by atoms with Crippen LogP contribution in [0.5, 0.6) is 0 Å². The fourth-order valence-corrected chi connectivity index (χ4v) is 3.99. The van der Waals surface area contributed by atoms with Crippen LogP contribution >= 0.6 is 0 Å². The highest BCUT2D eigenvalue weighted by molar-refractivity contribution is 7.87. The Labute approximate surface area is 118 Å². The van der Waals surface area contributed by atoms with Crippen molar-refractivity contribution in [2.45, 2.75) is 53.0 Å². The van der Waals surface area contributed by atoms with E-state index >= 15 is 0 Å². The summed E-state index contributed by atoms with van der Waals surface area (Å²) in [7, 11) is -3.38. The van der Waals surface area contributed by atoms with E-state index in [-0.39, 0.29) is 11.5 Å². The molecule has 1 rings (SSSR count). The number of piperidine rings is 1. The van der Waals surface area contributed by atoms with E-state index in [1.54, 1.807) is 4.31 Å². The van der Waals surface area contributed by atoms with E-state index in [0.29, 0.717) is 32.0 Å². The van der Waals surface area contributed by atoms with Gasteiger partial charge in [-0.1, -0.05) is 27.7 Å². The molecule has 6 heteroatoms. The Morgan fingerprint density at radius 3 is 2.26 bits per heavy atom. The molecule has 0 bridgehead atoms. The van der Waals surface area contributed by atoms with Gasteiger partial charge >= 0.3 is 0 Å². The van der Waals surface area contributed by atoms with Gasteiger partial charge in [0.1, 0.15) is 0 Å². The zero-order valence-electron chi connectivity index (χ0n) is 12.6. The van der Waals surface area contributed by atoms with Crippen LogP contribution in [0.4, 0.5) is 0 Å². The first-order valence-electron chi connectivity index (χ1n) is 7.14. The van der Waals surface area contributed by atoms with Gasteiger partial charge in [-0.15, -0.1) is 0 Å². The van der Waals surface area contributed by atoms with Gasteiger partial charge < -0.3 is 5.73 Å². The molecule has 1 aliphatic heterocycles. The van der Waals surface area contributed by atoms with Gasteiger partial charge in [-0.05, 0) is 37.1 Å². The molecule has 1 heterocycles. The monoisotopic (exact) mass is 291 g/mol. The van der Waals surface area contributed by atoms with Crippen LogP contribution in [0.1, 0.15) is 47.0 Å². The summed E-state index contributed by atoms with van der Waals surface area (Å²) in [5.74, 6) is 0.619.